The molecule has 0 spiro atoms. The van der Waals surface area contributed by atoms with E-state index in [-0.39, 0.29) is 17.3 Å². The molecular formula is C19H24N2O3S. The molecule has 0 aromatic heterocycles. The molecule has 1 amide bonds. The predicted octanol–water partition coefficient (Wildman–Crippen LogP) is 2.84. The first-order chi connectivity index (χ1) is 11.9. The third kappa shape index (κ3) is 4.27. The first-order valence-electron chi connectivity index (χ1n) is 8.30. The third-order valence-electron chi connectivity index (χ3n) is 4.13. The third-order valence-corrected chi connectivity index (χ3v) is 6.00. The average Bonchev–Trinajstić information content (AvgIpc) is 2.63. The van der Waals surface area contributed by atoms with Crippen LogP contribution >= 0.6 is 0 Å². The fourth-order valence-electron chi connectivity index (χ4n) is 2.67. The average molecular weight is 360 g/mol. The monoisotopic (exact) mass is 360 g/mol. The van der Waals surface area contributed by atoms with Crippen molar-refractivity contribution in [1.29, 1.82) is 0 Å². The quantitative estimate of drug-likeness (QED) is 0.763. The molecule has 2 rings (SSSR count). The van der Waals surface area contributed by atoms with E-state index in [2.05, 4.69) is 0 Å². The zero-order valence-corrected chi connectivity index (χ0v) is 15.7. The van der Waals surface area contributed by atoms with E-state index in [0.29, 0.717) is 18.7 Å². The molecule has 0 aliphatic rings. The molecule has 0 saturated carbocycles. The van der Waals surface area contributed by atoms with Crippen molar-refractivity contribution in [3.05, 3.63) is 54.6 Å². The lowest BCUT2D eigenvalue weighted by molar-refractivity contribution is -0.130. The van der Waals surface area contributed by atoms with Crippen molar-refractivity contribution >= 4 is 15.9 Å². The van der Waals surface area contributed by atoms with Gasteiger partial charge in [-0.1, -0.05) is 48.5 Å². The molecule has 2 aromatic rings. The Hall–Kier alpha value is -2.18. The fourth-order valence-corrected chi connectivity index (χ4v) is 4.00. The molecule has 25 heavy (non-hydrogen) atoms. The molecule has 134 valence electrons. The van der Waals surface area contributed by atoms with Gasteiger partial charge < -0.3 is 4.90 Å². The second-order valence-electron chi connectivity index (χ2n) is 5.69. The Morgan fingerprint density at radius 3 is 2.08 bits per heavy atom. The van der Waals surface area contributed by atoms with Gasteiger partial charge in [0.25, 0.3) is 0 Å². The Morgan fingerprint density at radius 1 is 0.920 bits per heavy atom. The van der Waals surface area contributed by atoms with Gasteiger partial charge in [0.15, 0.2) is 0 Å². The lowest BCUT2D eigenvalue weighted by Gasteiger charge is -2.23. The zero-order chi connectivity index (χ0) is 18.4. The van der Waals surface area contributed by atoms with Gasteiger partial charge in [-0.15, -0.1) is 0 Å². The van der Waals surface area contributed by atoms with Gasteiger partial charge in [0.05, 0.1) is 11.4 Å². The molecule has 6 heteroatoms. The smallest absolute Gasteiger partial charge is 0.243 e. The van der Waals surface area contributed by atoms with Crippen LogP contribution in [0.5, 0.6) is 0 Å². The molecule has 0 N–H and O–H groups in total. The van der Waals surface area contributed by atoms with E-state index < -0.39 is 10.0 Å². The van der Waals surface area contributed by atoms with Gasteiger partial charge in [-0.25, -0.2) is 8.42 Å². The summed E-state index contributed by atoms with van der Waals surface area (Å²) in [6, 6.07) is 16.2. The van der Waals surface area contributed by atoms with Crippen LogP contribution in [0.4, 0.5) is 0 Å². The van der Waals surface area contributed by atoms with Crippen LogP contribution in [0.3, 0.4) is 0 Å². The molecular weight excluding hydrogens is 336 g/mol. The second-order valence-corrected chi connectivity index (χ2v) is 7.70. The van der Waals surface area contributed by atoms with Crippen molar-refractivity contribution in [1.82, 2.24) is 9.21 Å². The maximum atomic E-state index is 13.0. The Balaban J connectivity index is 2.36. The molecule has 0 radical (unpaired) electrons. The van der Waals surface area contributed by atoms with E-state index in [9.17, 15) is 13.2 Å². The summed E-state index contributed by atoms with van der Waals surface area (Å²) >= 11 is 0. The van der Waals surface area contributed by atoms with Crippen molar-refractivity contribution < 1.29 is 13.2 Å². The number of hydrogen-bond acceptors (Lipinski definition) is 3. The number of benzene rings is 2. The van der Waals surface area contributed by atoms with Crippen LogP contribution in [0.15, 0.2) is 59.5 Å². The first-order valence-corrected chi connectivity index (χ1v) is 9.74. The van der Waals surface area contributed by atoms with Crippen LogP contribution in [0.1, 0.15) is 13.8 Å². The number of carbonyl (C=O) groups excluding carboxylic acids is 1. The van der Waals surface area contributed by atoms with E-state index in [0.717, 1.165) is 9.87 Å². The van der Waals surface area contributed by atoms with Crippen LogP contribution in [0.25, 0.3) is 11.1 Å². The van der Waals surface area contributed by atoms with Gasteiger partial charge in [-0.3, -0.25) is 4.79 Å². The Bertz CT molecular complexity index is 816. The highest BCUT2D eigenvalue weighted by atomic mass is 32.2. The lowest BCUT2D eigenvalue weighted by Crippen LogP contribution is -2.41. The number of nitrogens with zero attached hydrogens (tertiary/aromatic N) is 2. The van der Waals surface area contributed by atoms with Crippen LogP contribution in [-0.2, 0) is 14.8 Å². The summed E-state index contributed by atoms with van der Waals surface area (Å²) in [4.78, 5) is 14.1. The number of sulfonamides is 1. The lowest BCUT2D eigenvalue weighted by atomic mass is 10.1. The topological polar surface area (TPSA) is 57.7 Å². The Labute approximate surface area is 149 Å². The standard InChI is InChI=1S/C19H24N2O3S/c1-4-21(5-2)19(22)15-20(3)25(23,24)18-14-10-9-13-17(18)16-11-7-6-8-12-16/h6-14H,4-5,15H2,1-3H3. The van der Waals surface area contributed by atoms with E-state index in [1.807, 2.05) is 50.2 Å². The van der Waals surface area contributed by atoms with Gasteiger partial charge in [-0.05, 0) is 25.5 Å². The van der Waals surface area contributed by atoms with Crippen LogP contribution in [-0.4, -0.2) is 50.2 Å². The normalized spacial score (nSPS) is 11.5. The highest BCUT2D eigenvalue weighted by Crippen LogP contribution is 2.28. The molecule has 0 bridgehead atoms. The van der Waals surface area contributed by atoms with Crippen molar-refractivity contribution in [3.8, 4) is 11.1 Å². The number of carbonyl (C=O) groups is 1. The highest BCUT2D eigenvalue weighted by molar-refractivity contribution is 7.89. The van der Waals surface area contributed by atoms with E-state index in [1.165, 1.54) is 7.05 Å². The predicted molar refractivity (Wildman–Crippen MR) is 99.6 cm³/mol. The summed E-state index contributed by atoms with van der Waals surface area (Å²) in [5.74, 6) is -0.201. The molecule has 0 unspecified atom stereocenters. The maximum absolute atomic E-state index is 13.0. The van der Waals surface area contributed by atoms with Gasteiger partial charge >= 0.3 is 0 Å². The van der Waals surface area contributed by atoms with Gasteiger partial charge in [-0.2, -0.15) is 4.31 Å². The summed E-state index contributed by atoms with van der Waals surface area (Å²) in [5, 5.41) is 0. The van der Waals surface area contributed by atoms with Gasteiger partial charge in [0.1, 0.15) is 0 Å². The largest absolute Gasteiger partial charge is 0.342 e. The first kappa shape index (κ1) is 19.1. The summed E-state index contributed by atoms with van der Waals surface area (Å²) in [6.07, 6.45) is 0. The van der Waals surface area contributed by atoms with E-state index in [1.54, 1.807) is 23.1 Å². The molecule has 0 aliphatic heterocycles. The van der Waals surface area contributed by atoms with Gasteiger partial charge in [0.2, 0.25) is 15.9 Å². The molecule has 0 aliphatic carbocycles. The number of rotatable bonds is 7. The van der Waals surface area contributed by atoms with Crippen LogP contribution in [0.2, 0.25) is 0 Å². The SMILES string of the molecule is CCN(CC)C(=O)CN(C)S(=O)(=O)c1ccccc1-c1ccccc1. The van der Waals surface area contributed by atoms with Crippen LogP contribution < -0.4 is 0 Å². The van der Waals surface area contributed by atoms with Crippen LogP contribution in [0, 0.1) is 0 Å². The molecule has 5 nitrogen and oxygen atoms in total. The Kier molecular flexibility index (Phi) is 6.33. The van der Waals surface area contributed by atoms with Crippen molar-refractivity contribution in [2.75, 3.05) is 26.7 Å². The maximum Gasteiger partial charge on any atom is 0.243 e. The zero-order valence-electron chi connectivity index (χ0n) is 14.8. The second kappa shape index (κ2) is 8.27. The number of hydrogen-bond donors (Lipinski definition) is 0. The molecule has 0 fully saturated rings. The van der Waals surface area contributed by atoms with Crippen molar-refractivity contribution in [3.63, 3.8) is 0 Å². The summed E-state index contributed by atoms with van der Waals surface area (Å²) in [6.45, 7) is 4.70. The minimum absolute atomic E-state index is 0.173. The molecule has 2 aromatic carbocycles. The summed E-state index contributed by atoms with van der Waals surface area (Å²) in [5.41, 5.74) is 1.45. The highest BCUT2D eigenvalue weighted by Gasteiger charge is 2.26. The van der Waals surface area contributed by atoms with E-state index in [4.69, 9.17) is 0 Å². The van der Waals surface area contributed by atoms with Crippen molar-refractivity contribution in [2.45, 2.75) is 18.7 Å². The van der Waals surface area contributed by atoms with E-state index >= 15 is 0 Å². The fraction of sp³-hybridized carbons (Fsp3) is 0.316. The van der Waals surface area contributed by atoms with Gasteiger partial charge in [0, 0.05) is 25.7 Å². The molecule has 0 atom stereocenters. The summed E-state index contributed by atoms with van der Waals surface area (Å²) in [7, 11) is -2.33. The number of amides is 1. The Morgan fingerprint density at radius 2 is 1.48 bits per heavy atom. The number of likely N-dealkylation sites (N-methyl/N-ethyl adjacent to an activating group) is 2. The minimum Gasteiger partial charge on any atom is -0.342 e. The molecule has 0 heterocycles. The molecule has 0 saturated heterocycles. The summed E-state index contributed by atoms with van der Waals surface area (Å²) < 4.78 is 27.2. The van der Waals surface area contributed by atoms with Crippen molar-refractivity contribution in [2.24, 2.45) is 0 Å². The minimum atomic E-state index is -3.78.